The lowest BCUT2D eigenvalue weighted by Gasteiger charge is -2.17. The zero-order valence-corrected chi connectivity index (χ0v) is 8.87. The third-order valence-electron chi connectivity index (χ3n) is 3.02. The summed E-state index contributed by atoms with van der Waals surface area (Å²) in [7, 11) is 0. The summed E-state index contributed by atoms with van der Waals surface area (Å²) in [5.74, 6) is 0.143. The van der Waals surface area contributed by atoms with Crippen LogP contribution in [0.5, 0.6) is 0 Å². The fourth-order valence-electron chi connectivity index (χ4n) is 2.13. The maximum absolute atomic E-state index is 13.7. The summed E-state index contributed by atoms with van der Waals surface area (Å²) in [6, 6.07) is 5.20. The second kappa shape index (κ2) is 4.29. The van der Waals surface area contributed by atoms with Crippen LogP contribution >= 0.6 is 0 Å². The number of fused-ring (bicyclic) bond motifs is 1. The summed E-state index contributed by atoms with van der Waals surface area (Å²) in [5.41, 5.74) is 7.31. The maximum Gasteiger partial charge on any atom is 0.129 e. The molecule has 1 heterocycles. The van der Waals surface area contributed by atoms with Gasteiger partial charge in [0, 0.05) is 18.7 Å². The first-order valence-electron chi connectivity index (χ1n) is 5.34. The van der Waals surface area contributed by atoms with Gasteiger partial charge in [-0.05, 0) is 24.0 Å². The van der Waals surface area contributed by atoms with E-state index in [4.69, 9.17) is 10.5 Å². The normalized spacial score (nSPS) is 25.8. The van der Waals surface area contributed by atoms with Crippen molar-refractivity contribution < 1.29 is 9.13 Å². The van der Waals surface area contributed by atoms with Crippen LogP contribution in [0.2, 0.25) is 0 Å². The fourth-order valence-corrected chi connectivity index (χ4v) is 2.13. The van der Waals surface area contributed by atoms with Crippen molar-refractivity contribution in [3.8, 4) is 0 Å². The third kappa shape index (κ3) is 1.90. The Bertz CT molecular complexity index is 353. The van der Waals surface area contributed by atoms with Gasteiger partial charge in [0.05, 0.1) is 6.10 Å². The van der Waals surface area contributed by atoms with E-state index in [1.54, 1.807) is 6.07 Å². The average Bonchev–Trinajstić information content (AvgIpc) is 2.39. The molecule has 0 radical (unpaired) electrons. The summed E-state index contributed by atoms with van der Waals surface area (Å²) >= 11 is 0. The van der Waals surface area contributed by atoms with Crippen LogP contribution in [0.15, 0.2) is 18.2 Å². The minimum absolute atomic E-state index is 0.197. The molecule has 1 aromatic rings. The summed E-state index contributed by atoms with van der Waals surface area (Å²) in [5, 5.41) is 0. The second-order valence-electron chi connectivity index (χ2n) is 4.03. The van der Waals surface area contributed by atoms with Crippen molar-refractivity contribution >= 4 is 0 Å². The summed E-state index contributed by atoms with van der Waals surface area (Å²) in [6.07, 6.45) is 0.638. The molecule has 15 heavy (non-hydrogen) atoms. The molecule has 0 aliphatic carbocycles. The maximum atomic E-state index is 13.7. The minimum Gasteiger partial charge on any atom is -0.372 e. The van der Waals surface area contributed by atoms with Gasteiger partial charge in [0.2, 0.25) is 0 Å². The molecular weight excluding hydrogens is 193 g/mol. The lowest BCUT2D eigenvalue weighted by atomic mass is 9.91. The van der Waals surface area contributed by atoms with E-state index in [1.807, 2.05) is 6.07 Å². The zero-order chi connectivity index (χ0) is 10.8. The molecule has 2 nitrogen and oxygen atoms in total. The van der Waals surface area contributed by atoms with E-state index in [9.17, 15) is 4.39 Å². The molecular formula is C12H16FNO. The second-order valence-corrected chi connectivity index (χ2v) is 4.03. The lowest BCUT2D eigenvalue weighted by molar-refractivity contribution is 0.0590. The van der Waals surface area contributed by atoms with Crippen LogP contribution in [-0.4, -0.2) is 13.2 Å². The quantitative estimate of drug-likeness (QED) is 0.770. The summed E-state index contributed by atoms with van der Waals surface area (Å²) in [4.78, 5) is 0. The van der Waals surface area contributed by atoms with Crippen LogP contribution in [0, 0.1) is 5.82 Å². The number of nitrogens with two attached hydrogens (primary N) is 1. The molecule has 0 bridgehead atoms. The zero-order valence-electron chi connectivity index (χ0n) is 8.87. The van der Waals surface area contributed by atoms with Gasteiger partial charge in [-0.25, -0.2) is 4.39 Å². The average molecular weight is 209 g/mol. The molecule has 1 aromatic carbocycles. The van der Waals surface area contributed by atoms with Crippen molar-refractivity contribution in [3.05, 3.63) is 35.1 Å². The predicted molar refractivity (Wildman–Crippen MR) is 57.2 cm³/mol. The number of benzene rings is 1. The number of rotatable bonds is 1. The molecule has 0 amide bonds. The molecule has 3 heteroatoms. The SMILES string of the molecule is C[C@@H]1CCOC(CN)c2c(F)cccc21. The number of ether oxygens (including phenoxy) is 1. The molecule has 0 aromatic heterocycles. The first-order valence-corrected chi connectivity index (χ1v) is 5.34. The molecule has 2 rings (SSSR count). The van der Waals surface area contributed by atoms with Crippen molar-refractivity contribution in [2.24, 2.45) is 5.73 Å². The van der Waals surface area contributed by atoms with Crippen LogP contribution < -0.4 is 5.73 Å². The van der Waals surface area contributed by atoms with E-state index < -0.39 is 0 Å². The summed E-state index contributed by atoms with van der Waals surface area (Å²) < 4.78 is 19.3. The highest BCUT2D eigenvalue weighted by atomic mass is 19.1. The van der Waals surface area contributed by atoms with Gasteiger partial charge in [-0.3, -0.25) is 0 Å². The predicted octanol–water partition coefficient (Wildman–Crippen LogP) is 2.35. The molecule has 82 valence electrons. The Kier molecular flexibility index (Phi) is 3.03. The van der Waals surface area contributed by atoms with E-state index in [0.717, 1.165) is 12.0 Å². The van der Waals surface area contributed by atoms with Crippen molar-refractivity contribution in [1.82, 2.24) is 0 Å². The van der Waals surface area contributed by atoms with Gasteiger partial charge < -0.3 is 10.5 Å². The largest absolute Gasteiger partial charge is 0.372 e. The number of halogens is 1. The highest BCUT2D eigenvalue weighted by Crippen LogP contribution is 2.34. The Morgan fingerprint density at radius 2 is 2.33 bits per heavy atom. The van der Waals surface area contributed by atoms with Gasteiger partial charge in [-0.15, -0.1) is 0 Å². The van der Waals surface area contributed by atoms with E-state index >= 15 is 0 Å². The van der Waals surface area contributed by atoms with Crippen LogP contribution in [-0.2, 0) is 4.74 Å². The standard InChI is InChI=1S/C12H16FNO/c1-8-5-6-15-11(7-14)12-9(8)3-2-4-10(12)13/h2-4,8,11H,5-7,14H2,1H3/t8-,11?/m1/s1. The first kappa shape index (κ1) is 10.6. The Labute approximate surface area is 89.2 Å². The van der Waals surface area contributed by atoms with Gasteiger partial charge in [-0.1, -0.05) is 19.1 Å². The van der Waals surface area contributed by atoms with Crippen LogP contribution in [0.25, 0.3) is 0 Å². The first-order chi connectivity index (χ1) is 7.24. The van der Waals surface area contributed by atoms with Crippen molar-refractivity contribution in [1.29, 1.82) is 0 Å². The molecule has 2 atom stereocenters. The molecule has 1 aliphatic heterocycles. The van der Waals surface area contributed by atoms with Crippen molar-refractivity contribution in [3.63, 3.8) is 0 Å². The van der Waals surface area contributed by atoms with Gasteiger partial charge in [0.1, 0.15) is 5.82 Å². The molecule has 2 N–H and O–H groups in total. The topological polar surface area (TPSA) is 35.2 Å². The van der Waals surface area contributed by atoms with Gasteiger partial charge in [0.25, 0.3) is 0 Å². The van der Waals surface area contributed by atoms with Crippen LogP contribution in [0.3, 0.4) is 0 Å². The van der Waals surface area contributed by atoms with Gasteiger partial charge in [0.15, 0.2) is 0 Å². The summed E-state index contributed by atoms with van der Waals surface area (Å²) in [6.45, 7) is 3.08. The van der Waals surface area contributed by atoms with E-state index in [0.29, 0.717) is 24.6 Å². The highest BCUT2D eigenvalue weighted by molar-refractivity contribution is 5.34. The number of hydrogen-bond acceptors (Lipinski definition) is 2. The van der Waals surface area contributed by atoms with Crippen molar-refractivity contribution in [2.75, 3.05) is 13.2 Å². The fraction of sp³-hybridized carbons (Fsp3) is 0.500. The van der Waals surface area contributed by atoms with Gasteiger partial charge in [-0.2, -0.15) is 0 Å². The third-order valence-corrected chi connectivity index (χ3v) is 3.02. The van der Waals surface area contributed by atoms with Gasteiger partial charge >= 0.3 is 0 Å². The number of hydrogen-bond donors (Lipinski definition) is 1. The Balaban J connectivity index is 2.51. The Hall–Kier alpha value is -0.930. The van der Waals surface area contributed by atoms with Crippen molar-refractivity contribution in [2.45, 2.75) is 25.4 Å². The van der Waals surface area contributed by atoms with E-state index in [2.05, 4.69) is 6.92 Å². The molecule has 0 saturated carbocycles. The van der Waals surface area contributed by atoms with Crippen LogP contribution in [0.4, 0.5) is 4.39 Å². The van der Waals surface area contributed by atoms with E-state index in [-0.39, 0.29) is 11.9 Å². The highest BCUT2D eigenvalue weighted by Gasteiger charge is 2.24. The minimum atomic E-state index is -0.286. The van der Waals surface area contributed by atoms with Crippen LogP contribution in [0.1, 0.15) is 36.5 Å². The molecule has 0 spiro atoms. The molecule has 1 aliphatic rings. The van der Waals surface area contributed by atoms with E-state index in [1.165, 1.54) is 6.07 Å². The molecule has 1 unspecified atom stereocenters. The molecule has 0 saturated heterocycles. The lowest BCUT2D eigenvalue weighted by Crippen LogP contribution is -2.17. The smallest absolute Gasteiger partial charge is 0.129 e. The monoisotopic (exact) mass is 209 g/mol. The molecule has 0 fully saturated rings. The Morgan fingerprint density at radius 1 is 1.53 bits per heavy atom. The Morgan fingerprint density at radius 3 is 3.07 bits per heavy atom.